The van der Waals surface area contributed by atoms with E-state index in [4.69, 9.17) is 0 Å². The van der Waals surface area contributed by atoms with Gasteiger partial charge in [-0.2, -0.15) is 0 Å². The van der Waals surface area contributed by atoms with Crippen LogP contribution in [-0.4, -0.2) is 31.1 Å². The number of nitrogens with zero attached hydrogens (tertiary/aromatic N) is 1. The Labute approximate surface area is 142 Å². The van der Waals surface area contributed by atoms with E-state index in [2.05, 4.69) is 33.1 Å². The summed E-state index contributed by atoms with van der Waals surface area (Å²) in [5.41, 5.74) is 0.845. The molecule has 21 heavy (non-hydrogen) atoms. The van der Waals surface area contributed by atoms with Gasteiger partial charge < -0.3 is 5.32 Å². The number of unbranched alkanes of at least 4 members (excludes halogenated alkanes) is 2. The second-order valence-corrected chi connectivity index (χ2v) is 6.38. The fraction of sp³-hybridized carbons (Fsp3) is 0.625. The third kappa shape index (κ3) is 5.51. The van der Waals surface area contributed by atoms with Crippen molar-refractivity contribution in [2.45, 2.75) is 38.6 Å². The molecule has 0 amide bonds. The van der Waals surface area contributed by atoms with Crippen LogP contribution < -0.4 is 5.32 Å². The van der Waals surface area contributed by atoms with Gasteiger partial charge in [-0.25, -0.2) is 4.39 Å². The van der Waals surface area contributed by atoms with Crippen LogP contribution >= 0.6 is 28.3 Å². The van der Waals surface area contributed by atoms with Gasteiger partial charge in [0.15, 0.2) is 0 Å². The number of hydrogen-bond acceptors (Lipinski definition) is 2. The molecule has 1 aliphatic rings. The van der Waals surface area contributed by atoms with Crippen LogP contribution in [-0.2, 0) is 0 Å². The van der Waals surface area contributed by atoms with Crippen molar-refractivity contribution in [1.29, 1.82) is 0 Å². The molecule has 0 aliphatic carbocycles. The van der Waals surface area contributed by atoms with E-state index in [9.17, 15) is 4.39 Å². The van der Waals surface area contributed by atoms with Crippen molar-refractivity contribution in [3.8, 4) is 0 Å². The fourth-order valence-corrected chi connectivity index (χ4v) is 3.27. The van der Waals surface area contributed by atoms with Crippen molar-refractivity contribution >= 4 is 28.3 Å². The molecule has 0 spiro atoms. The zero-order valence-corrected chi connectivity index (χ0v) is 15.0. The Morgan fingerprint density at radius 2 is 2.00 bits per heavy atom. The van der Waals surface area contributed by atoms with Crippen LogP contribution in [0.3, 0.4) is 0 Å². The SMILES string of the molecule is CCCCC[C@@H](c1cc(Br)ccc1F)N1CCNCC1.Cl. The first-order valence-electron chi connectivity index (χ1n) is 7.62. The zero-order chi connectivity index (χ0) is 14.4. The summed E-state index contributed by atoms with van der Waals surface area (Å²) >= 11 is 3.47. The first kappa shape index (κ1) is 18.9. The van der Waals surface area contributed by atoms with Crippen LogP contribution in [0.2, 0.25) is 0 Å². The third-order valence-electron chi connectivity index (χ3n) is 3.99. The van der Waals surface area contributed by atoms with Gasteiger partial charge in [-0.3, -0.25) is 4.90 Å². The van der Waals surface area contributed by atoms with Crippen molar-refractivity contribution in [2.24, 2.45) is 0 Å². The van der Waals surface area contributed by atoms with Crippen molar-refractivity contribution in [3.63, 3.8) is 0 Å². The molecule has 0 saturated carbocycles. The standard InChI is InChI=1S/C16H24BrFN2.ClH/c1-2-3-4-5-16(20-10-8-19-9-11-20)14-12-13(17)6-7-15(14)18;/h6-7,12,16,19H,2-5,8-11H2,1H3;1H/t16-;/m0./s1. The molecule has 0 radical (unpaired) electrons. The summed E-state index contributed by atoms with van der Waals surface area (Å²) in [6.07, 6.45) is 4.63. The van der Waals surface area contributed by atoms with E-state index < -0.39 is 0 Å². The summed E-state index contributed by atoms with van der Waals surface area (Å²) in [4.78, 5) is 2.43. The van der Waals surface area contributed by atoms with Crippen molar-refractivity contribution in [1.82, 2.24) is 10.2 Å². The molecule has 1 atom stereocenters. The summed E-state index contributed by atoms with van der Waals surface area (Å²) in [5, 5.41) is 3.37. The first-order valence-corrected chi connectivity index (χ1v) is 8.41. The van der Waals surface area contributed by atoms with Gasteiger partial charge in [0.05, 0.1) is 0 Å². The number of nitrogens with one attached hydrogen (secondary N) is 1. The fourth-order valence-electron chi connectivity index (χ4n) is 2.89. The van der Waals surface area contributed by atoms with Gasteiger partial charge in [0.1, 0.15) is 5.82 Å². The van der Waals surface area contributed by atoms with E-state index in [1.165, 1.54) is 12.8 Å². The second-order valence-electron chi connectivity index (χ2n) is 5.46. The van der Waals surface area contributed by atoms with Crippen LogP contribution in [0.15, 0.2) is 22.7 Å². The van der Waals surface area contributed by atoms with E-state index in [1.54, 1.807) is 12.1 Å². The normalized spacial score (nSPS) is 17.3. The molecule has 1 N–H and O–H groups in total. The lowest BCUT2D eigenvalue weighted by molar-refractivity contribution is 0.159. The molecule has 0 aromatic heterocycles. The van der Waals surface area contributed by atoms with Gasteiger partial charge in [-0.15, -0.1) is 12.4 Å². The largest absolute Gasteiger partial charge is 0.314 e. The lowest BCUT2D eigenvalue weighted by atomic mass is 9.97. The molecule has 1 aromatic carbocycles. The highest BCUT2D eigenvalue weighted by molar-refractivity contribution is 9.10. The summed E-state index contributed by atoms with van der Waals surface area (Å²) in [7, 11) is 0. The molecule has 1 fully saturated rings. The van der Waals surface area contributed by atoms with E-state index in [0.29, 0.717) is 0 Å². The van der Waals surface area contributed by atoms with Crippen LogP contribution in [0.1, 0.15) is 44.2 Å². The van der Waals surface area contributed by atoms with Crippen LogP contribution in [0.25, 0.3) is 0 Å². The maximum Gasteiger partial charge on any atom is 0.128 e. The van der Waals surface area contributed by atoms with Gasteiger partial charge in [-0.1, -0.05) is 42.1 Å². The Hall–Kier alpha value is -0.160. The highest BCUT2D eigenvalue weighted by Gasteiger charge is 2.24. The first-order chi connectivity index (χ1) is 9.72. The Bertz CT molecular complexity index is 425. The molecule has 2 nitrogen and oxygen atoms in total. The number of halogens is 3. The minimum atomic E-state index is -0.0757. The Morgan fingerprint density at radius 1 is 1.29 bits per heavy atom. The summed E-state index contributed by atoms with van der Waals surface area (Å²) < 4.78 is 15.2. The van der Waals surface area contributed by atoms with E-state index in [0.717, 1.165) is 49.1 Å². The van der Waals surface area contributed by atoms with Crippen LogP contribution in [0, 0.1) is 5.82 Å². The van der Waals surface area contributed by atoms with E-state index in [1.807, 2.05) is 6.07 Å². The zero-order valence-electron chi connectivity index (χ0n) is 12.6. The van der Waals surface area contributed by atoms with Crippen molar-refractivity contribution in [2.75, 3.05) is 26.2 Å². The maximum absolute atomic E-state index is 14.2. The molecule has 1 aromatic rings. The topological polar surface area (TPSA) is 15.3 Å². The van der Waals surface area contributed by atoms with E-state index >= 15 is 0 Å². The molecular formula is C16H25BrClFN2. The van der Waals surface area contributed by atoms with Gasteiger partial charge in [-0.05, 0) is 24.6 Å². The lowest BCUT2D eigenvalue weighted by Crippen LogP contribution is -2.45. The minimum Gasteiger partial charge on any atom is -0.314 e. The highest BCUT2D eigenvalue weighted by atomic mass is 79.9. The predicted octanol–water partition coefficient (Wildman–Crippen LogP) is 4.54. The number of rotatable bonds is 6. The maximum atomic E-state index is 14.2. The molecule has 0 bridgehead atoms. The lowest BCUT2D eigenvalue weighted by Gasteiger charge is -2.35. The predicted molar refractivity (Wildman–Crippen MR) is 92.7 cm³/mol. The number of benzene rings is 1. The average Bonchev–Trinajstić information content (AvgIpc) is 2.48. The van der Waals surface area contributed by atoms with Gasteiger partial charge in [0, 0.05) is 42.3 Å². The summed E-state index contributed by atoms with van der Waals surface area (Å²) in [6, 6.07) is 5.52. The highest BCUT2D eigenvalue weighted by Crippen LogP contribution is 2.30. The molecule has 2 rings (SSSR count). The van der Waals surface area contributed by atoms with Gasteiger partial charge in [0.2, 0.25) is 0 Å². The van der Waals surface area contributed by atoms with Crippen molar-refractivity contribution < 1.29 is 4.39 Å². The molecule has 0 unspecified atom stereocenters. The van der Waals surface area contributed by atoms with Crippen LogP contribution in [0.5, 0.6) is 0 Å². The van der Waals surface area contributed by atoms with Crippen molar-refractivity contribution in [3.05, 3.63) is 34.1 Å². The third-order valence-corrected chi connectivity index (χ3v) is 4.48. The van der Waals surface area contributed by atoms with E-state index in [-0.39, 0.29) is 24.3 Å². The molecule has 120 valence electrons. The number of piperazine rings is 1. The number of hydrogen-bond donors (Lipinski definition) is 1. The molecule has 5 heteroatoms. The molecule has 1 heterocycles. The molecule has 1 saturated heterocycles. The average molecular weight is 380 g/mol. The summed E-state index contributed by atoms with van der Waals surface area (Å²) in [5.74, 6) is -0.0757. The van der Waals surface area contributed by atoms with Crippen LogP contribution in [0.4, 0.5) is 4.39 Å². The smallest absolute Gasteiger partial charge is 0.128 e. The monoisotopic (exact) mass is 378 g/mol. The second kappa shape index (κ2) is 9.78. The Morgan fingerprint density at radius 3 is 2.67 bits per heavy atom. The Balaban J connectivity index is 0.00000220. The molecule has 1 aliphatic heterocycles. The molecular weight excluding hydrogens is 355 g/mol. The van der Waals surface area contributed by atoms with Gasteiger partial charge >= 0.3 is 0 Å². The summed E-state index contributed by atoms with van der Waals surface area (Å²) in [6.45, 7) is 6.21. The van der Waals surface area contributed by atoms with Gasteiger partial charge in [0.25, 0.3) is 0 Å². The minimum absolute atomic E-state index is 0. The Kier molecular flexibility index (Phi) is 8.79. The quantitative estimate of drug-likeness (QED) is 0.730.